The Balaban J connectivity index is 1.93. The van der Waals surface area contributed by atoms with Crippen LogP contribution in [0.5, 0.6) is 0 Å². The van der Waals surface area contributed by atoms with Crippen molar-refractivity contribution in [3.63, 3.8) is 0 Å². The maximum absolute atomic E-state index is 9.70. The maximum atomic E-state index is 9.70. The third-order valence-electron chi connectivity index (χ3n) is 4.55. The van der Waals surface area contributed by atoms with Gasteiger partial charge in [-0.05, 0) is 45.1 Å². The van der Waals surface area contributed by atoms with Crippen LogP contribution in [0.15, 0.2) is 0 Å². The first-order chi connectivity index (χ1) is 8.15. The molecule has 2 aliphatic heterocycles. The Labute approximate surface area is 105 Å². The minimum absolute atomic E-state index is 0.00703. The molecule has 0 amide bonds. The van der Waals surface area contributed by atoms with Gasteiger partial charge in [-0.3, -0.25) is 4.90 Å². The van der Waals surface area contributed by atoms with E-state index in [4.69, 9.17) is 4.74 Å². The van der Waals surface area contributed by atoms with Crippen LogP contribution in [-0.4, -0.2) is 49.0 Å². The summed E-state index contributed by atoms with van der Waals surface area (Å²) in [5.41, 5.74) is 0.00703. The average molecular weight is 241 g/mol. The molecule has 0 saturated carbocycles. The summed E-state index contributed by atoms with van der Waals surface area (Å²) in [4.78, 5) is 2.56. The molecule has 17 heavy (non-hydrogen) atoms. The number of aliphatic hydroxyl groups is 1. The summed E-state index contributed by atoms with van der Waals surface area (Å²) < 4.78 is 5.59. The summed E-state index contributed by atoms with van der Waals surface area (Å²) in [5, 5.41) is 9.70. The molecule has 100 valence electrons. The third kappa shape index (κ3) is 3.21. The quantitative estimate of drug-likeness (QED) is 0.819. The van der Waals surface area contributed by atoms with Gasteiger partial charge in [-0.1, -0.05) is 6.92 Å². The normalized spacial score (nSPS) is 40.4. The maximum Gasteiger partial charge on any atom is 0.0556 e. The third-order valence-corrected chi connectivity index (χ3v) is 4.55. The molecule has 1 N–H and O–H groups in total. The molecule has 0 spiro atoms. The van der Waals surface area contributed by atoms with E-state index in [2.05, 4.69) is 18.7 Å². The van der Waals surface area contributed by atoms with E-state index in [1.54, 1.807) is 0 Å². The minimum atomic E-state index is 0.00703. The molecule has 0 aliphatic carbocycles. The minimum Gasteiger partial charge on any atom is -0.396 e. The lowest BCUT2D eigenvalue weighted by molar-refractivity contribution is -0.0654. The number of piperidine rings is 1. The van der Waals surface area contributed by atoms with Gasteiger partial charge in [0, 0.05) is 24.6 Å². The molecule has 0 bridgehead atoms. The van der Waals surface area contributed by atoms with Crippen LogP contribution in [-0.2, 0) is 4.74 Å². The van der Waals surface area contributed by atoms with Gasteiger partial charge in [0.05, 0.1) is 13.2 Å². The van der Waals surface area contributed by atoms with Crippen LogP contribution in [0.2, 0.25) is 0 Å². The van der Waals surface area contributed by atoms with Crippen molar-refractivity contribution in [2.45, 2.75) is 45.6 Å². The summed E-state index contributed by atoms with van der Waals surface area (Å²) in [6.45, 7) is 8.74. The molecule has 3 atom stereocenters. The number of hydrogen-bond acceptors (Lipinski definition) is 3. The highest BCUT2D eigenvalue weighted by atomic mass is 16.5. The summed E-state index contributed by atoms with van der Waals surface area (Å²) in [5.74, 6) is 0.855. The zero-order valence-electron chi connectivity index (χ0n) is 11.3. The standard InChI is InChI=1S/C14H27NO2/c1-12-4-6-15(13(2)8-12)9-14(10-16)5-3-7-17-11-14/h12-13,16H,3-11H2,1-2H3. The zero-order valence-corrected chi connectivity index (χ0v) is 11.3. The van der Waals surface area contributed by atoms with Crippen molar-refractivity contribution in [2.75, 3.05) is 32.9 Å². The lowest BCUT2D eigenvalue weighted by Gasteiger charge is -2.44. The smallest absolute Gasteiger partial charge is 0.0556 e. The van der Waals surface area contributed by atoms with Crippen LogP contribution >= 0.6 is 0 Å². The van der Waals surface area contributed by atoms with Crippen molar-refractivity contribution in [3.8, 4) is 0 Å². The Morgan fingerprint density at radius 1 is 1.41 bits per heavy atom. The highest BCUT2D eigenvalue weighted by Crippen LogP contribution is 2.32. The highest BCUT2D eigenvalue weighted by molar-refractivity contribution is 4.88. The lowest BCUT2D eigenvalue weighted by Crippen LogP contribution is -2.50. The van der Waals surface area contributed by atoms with Gasteiger partial charge in [0.2, 0.25) is 0 Å². The van der Waals surface area contributed by atoms with Gasteiger partial charge in [0.15, 0.2) is 0 Å². The zero-order chi connectivity index (χ0) is 12.3. The van der Waals surface area contributed by atoms with E-state index < -0.39 is 0 Å². The first kappa shape index (κ1) is 13.3. The number of aliphatic hydroxyl groups excluding tert-OH is 1. The highest BCUT2D eigenvalue weighted by Gasteiger charge is 2.36. The molecule has 2 rings (SSSR count). The molecule has 3 unspecified atom stereocenters. The first-order valence-corrected chi connectivity index (χ1v) is 7.08. The second-order valence-corrected chi connectivity index (χ2v) is 6.26. The van der Waals surface area contributed by atoms with Gasteiger partial charge in [-0.25, -0.2) is 0 Å². The van der Waals surface area contributed by atoms with Crippen molar-refractivity contribution in [1.29, 1.82) is 0 Å². The molecule has 2 saturated heterocycles. The van der Waals surface area contributed by atoms with Gasteiger partial charge in [-0.2, -0.15) is 0 Å². The van der Waals surface area contributed by atoms with Crippen molar-refractivity contribution >= 4 is 0 Å². The van der Waals surface area contributed by atoms with Crippen molar-refractivity contribution in [2.24, 2.45) is 11.3 Å². The fourth-order valence-corrected chi connectivity index (χ4v) is 3.33. The monoisotopic (exact) mass is 241 g/mol. The fourth-order valence-electron chi connectivity index (χ4n) is 3.33. The van der Waals surface area contributed by atoms with Crippen LogP contribution < -0.4 is 0 Å². The van der Waals surface area contributed by atoms with Crippen molar-refractivity contribution in [3.05, 3.63) is 0 Å². The van der Waals surface area contributed by atoms with E-state index in [9.17, 15) is 5.11 Å². The predicted molar refractivity (Wildman–Crippen MR) is 69.0 cm³/mol. The van der Waals surface area contributed by atoms with Gasteiger partial charge < -0.3 is 9.84 Å². The largest absolute Gasteiger partial charge is 0.396 e. The molecular formula is C14H27NO2. The predicted octanol–water partition coefficient (Wildman–Crippen LogP) is 1.90. The van der Waals surface area contributed by atoms with Gasteiger partial charge in [0.1, 0.15) is 0 Å². The van der Waals surface area contributed by atoms with E-state index in [1.165, 1.54) is 19.4 Å². The Kier molecular flexibility index (Phi) is 4.45. The molecule has 3 heteroatoms. The van der Waals surface area contributed by atoms with Crippen LogP contribution in [0.1, 0.15) is 39.5 Å². The molecule has 0 aromatic carbocycles. The number of hydrogen-bond donors (Lipinski definition) is 1. The van der Waals surface area contributed by atoms with Gasteiger partial charge >= 0.3 is 0 Å². The molecule has 0 aromatic heterocycles. The van der Waals surface area contributed by atoms with Gasteiger partial charge in [-0.15, -0.1) is 0 Å². The van der Waals surface area contributed by atoms with E-state index in [0.717, 1.165) is 38.5 Å². The summed E-state index contributed by atoms with van der Waals surface area (Å²) in [6.07, 6.45) is 4.80. The number of nitrogens with zero attached hydrogens (tertiary/aromatic N) is 1. The molecule has 2 fully saturated rings. The molecule has 3 nitrogen and oxygen atoms in total. The van der Waals surface area contributed by atoms with Crippen LogP contribution in [0, 0.1) is 11.3 Å². The Morgan fingerprint density at radius 2 is 2.24 bits per heavy atom. The SMILES string of the molecule is CC1CCN(CC2(CO)CCCOC2)C(C)C1. The van der Waals surface area contributed by atoms with E-state index in [1.807, 2.05) is 0 Å². The molecule has 0 aromatic rings. The molecule has 2 heterocycles. The van der Waals surface area contributed by atoms with E-state index in [0.29, 0.717) is 6.04 Å². The van der Waals surface area contributed by atoms with Gasteiger partial charge in [0.25, 0.3) is 0 Å². The number of rotatable bonds is 3. The van der Waals surface area contributed by atoms with E-state index >= 15 is 0 Å². The Morgan fingerprint density at radius 3 is 2.82 bits per heavy atom. The number of ether oxygens (including phenoxy) is 1. The summed E-state index contributed by atoms with van der Waals surface area (Å²) in [7, 11) is 0. The lowest BCUT2D eigenvalue weighted by atomic mass is 9.81. The molecular weight excluding hydrogens is 214 g/mol. The summed E-state index contributed by atoms with van der Waals surface area (Å²) in [6, 6.07) is 0.657. The first-order valence-electron chi connectivity index (χ1n) is 7.08. The van der Waals surface area contributed by atoms with Crippen molar-refractivity contribution in [1.82, 2.24) is 4.90 Å². The summed E-state index contributed by atoms with van der Waals surface area (Å²) >= 11 is 0. The average Bonchev–Trinajstić information content (AvgIpc) is 2.34. The Bertz CT molecular complexity index is 238. The number of likely N-dealkylation sites (tertiary alicyclic amines) is 1. The molecule has 2 aliphatic rings. The fraction of sp³-hybridized carbons (Fsp3) is 1.00. The van der Waals surface area contributed by atoms with Crippen LogP contribution in [0.3, 0.4) is 0 Å². The van der Waals surface area contributed by atoms with Crippen molar-refractivity contribution < 1.29 is 9.84 Å². The van der Waals surface area contributed by atoms with E-state index in [-0.39, 0.29) is 12.0 Å². The van der Waals surface area contributed by atoms with Crippen LogP contribution in [0.4, 0.5) is 0 Å². The molecule has 0 radical (unpaired) electrons. The van der Waals surface area contributed by atoms with Crippen LogP contribution in [0.25, 0.3) is 0 Å². The second kappa shape index (κ2) is 5.68. The topological polar surface area (TPSA) is 32.7 Å². The second-order valence-electron chi connectivity index (χ2n) is 6.26. The Hall–Kier alpha value is -0.120.